The number of hydrogen-bond donors (Lipinski definition) is 2. The number of carboxylic acids is 1. The Morgan fingerprint density at radius 3 is 2.84 bits per heavy atom. The quantitative estimate of drug-likeness (QED) is 0.905. The number of aliphatic carboxylic acids is 1. The van der Waals surface area contributed by atoms with Crippen LogP contribution in [0.25, 0.3) is 11.4 Å². The van der Waals surface area contributed by atoms with Crippen molar-refractivity contribution in [3.63, 3.8) is 0 Å². The van der Waals surface area contributed by atoms with Gasteiger partial charge < -0.3 is 10.1 Å². The zero-order valence-electron chi connectivity index (χ0n) is 10.8. The molecular weight excluding hydrogens is 308 g/mol. The number of aryl methyl sites for hydroxylation is 3. The smallest absolute Gasteiger partial charge is 0.303 e. The minimum Gasteiger partial charge on any atom is -0.481 e. The minimum atomic E-state index is -0.810. The second-order valence-corrected chi connectivity index (χ2v) is 5.32. The molecular formula is C14H15BrN2O2. The highest BCUT2D eigenvalue weighted by molar-refractivity contribution is 9.10. The first kappa shape index (κ1) is 13.8. The van der Waals surface area contributed by atoms with Crippen molar-refractivity contribution in [2.75, 3.05) is 0 Å². The summed E-state index contributed by atoms with van der Waals surface area (Å²) >= 11 is 3.37. The van der Waals surface area contributed by atoms with E-state index in [1.165, 1.54) is 5.56 Å². The molecule has 0 spiro atoms. The fourth-order valence-corrected chi connectivity index (χ4v) is 2.38. The van der Waals surface area contributed by atoms with Gasteiger partial charge in [0, 0.05) is 12.0 Å². The van der Waals surface area contributed by atoms with E-state index in [1.807, 2.05) is 13.8 Å². The predicted molar refractivity (Wildman–Crippen MR) is 77.2 cm³/mol. The third kappa shape index (κ3) is 3.23. The highest BCUT2D eigenvalue weighted by atomic mass is 79.9. The fourth-order valence-electron chi connectivity index (χ4n) is 1.90. The van der Waals surface area contributed by atoms with Gasteiger partial charge in [-0.3, -0.25) is 4.79 Å². The lowest BCUT2D eigenvalue weighted by Gasteiger charge is -2.03. The number of imidazole rings is 1. The topological polar surface area (TPSA) is 66.0 Å². The maximum absolute atomic E-state index is 10.6. The Morgan fingerprint density at radius 1 is 1.42 bits per heavy atom. The van der Waals surface area contributed by atoms with Gasteiger partial charge in [0.05, 0.1) is 12.1 Å². The summed E-state index contributed by atoms with van der Waals surface area (Å²) in [6.07, 6.45) is 0.529. The van der Waals surface area contributed by atoms with E-state index in [9.17, 15) is 4.79 Å². The largest absolute Gasteiger partial charge is 0.481 e. The summed E-state index contributed by atoms with van der Waals surface area (Å²) in [5, 5.41) is 8.72. The van der Waals surface area contributed by atoms with Crippen molar-refractivity contribution in [1.82, 2.24) is 9.97 Å². The molecule has 1 aromatic heterocycles. The number of aromatic nitrogens is 2. The Bertz CT molecular complexity index is 620. The summed E-state index contributed by atoms with van der Waals surface area (Å²) in [6.45, 7) is 4.06. The van der Waals surface area contributed by atoms with Crippen LogP contribution in [0, 0.1) is 13.8 Å². The number of carbonyl (C=O) groups is 1. The maximum atomic E-state index is 10.6. The summed E-state index contributed by atoms with van der Waals surface area (Å²) in [5.41, 5.74) is 4.16. The number of hydrogen-bond acceptors (Lipinski definition) is 2. The van der Waals surface area contributed by atoms with Gasteiger partial charge in [0.15, 0.2) is 0 Å². The number of H-pyrrole nitrogens is 1. The van der Waals surface area contributed by atoms with Crippen LogP contribution in [0.3, 0.4) is 0 Å². The Morgan fingerprint density at radius 2 is 2.16 bits per heavy atom. The van der Waals surface area contributed by atoms with Crippen LogP contribution in [0.4, 0.5) is 0 Å². The summed E-state index contributed by atoms with van der Waals surface area (Å²) in [6, 6.07) is 6.18. The molecule has 5 heteroatoms. The number of halogens is 1. The van der Waals surface area contributed by atoms with Gasteiger partial charge in [0.1, 0.15) is 10.4 Å². The first-order valence-electron chi connectivity index (χ1n) is 6.01. The lowest BCUT2D eigenvalue weighted by Crippen LogP contribution is -1.98. The van der Waals surface area contributed by atoms with Gasteiger partial charge in [-0.15, -0.1) is 0 Å². The average Bonchev–Trinajstić information content (AvgIpc) is 2.71. The molecule has 2 rings (SSSR count). The van der Waals surface area contributed by atoms with Gasteiger partial charge in [-0.2, -0.15) is 0 Å². The Labute approximate surface area is 120 Å². The molecule has 0 bridgehead atoms. The number of benzene rings is 1. The lowest BCUT2D eigenvalue weighted by atomic mass is 10.1. The van der Waals surface area contributed by atoms with Gasteiger partial charge >= 0.3 is 5.97 Å². The maximum Gasteiger partial charge on any atom is 0.303 e. The molecule has 0 fully saturated rings. The zero-order valence-corrected chi connectivity index (χ0v) is 12.4. The molecule has 0 amide bonds. The second-order valence-electron chi connectivity index (χ2n) is 4.57. The standard InChI is InChI=1S/C14H15BrN2O2/c1-8-3-4-9(2)10(7-8)14-16-11(13(15)17-14)5-6-12(18)19/h3-4,7H,5-6H2,1-2H3,(H,16,17)(H,18,19). The first-order chi connectivity index (χ1) is 8.97. The van der Waals surface area contributed by atoms with Crippen LogP contribution >= 0.6 is 15.9 Å². The van der Waals surface area contributed by atoms with Crippen molar-refractivity contribution in [2.45, 2.75) is 26.7 Å². The molecule has 0 aliphatic heterocycles. The van der Waals surface area contributed by atoms with E-state index in [1.54, 1.807) is 0 Å². The van der Waals surface area contributed by atoms with E-state index < -0.39 is 5.97 Å². The molecule has 0 atom stereocenters. The SMILES string of the molecule is Cc1ccc(C)c(-c2nc(Br)c(CCC(=O)O)[nH]2)c1. The van der Waals surface area contributed by atoms with Crippen LogP contribution in [-0.4, -0.2) is 21.0 Å². The van der Waals surface area contributed by atoms with Crippen LogP contribution in [0.2, 0.25) is 0 Å². The number of nitrogens with zero attached hydrogens (tertiary/aromatic N) is 1. The molecule has 2 aromatic rings. The highest BCUT2D eigenvalue weighted by Gasteiger charge is 2.12. The molecule has 1 heterocycles. The van der Waals surface area contributed by atoms with Crippen molar-refractivity contribution < 1.29 is 9.90 Å². The Kier molecular flexibility index (Phi) is 4.04. The van der Waals surface area contributed by atoms with E-state index in [2.05, 4.69) is 44.1 Å². The van der Waals surface area contributed by atoms with Crippen LogP contribution in [0.15, 0.2) is 22.8 Å². The van der Waals surface area contributed by atoms with E-state index in [0.29, 0.717) is 11.0 Å². The molecule has 0 radical (unpaired) electrons. The fraction of sp³-hybridized carbons (Fsp3) is 0.286. The predicted octanol–water partition coefficient (Wildman–Crippen LogP) is 3.47. The van der Waals surface area contributed by atoms with Crippen LogP contribution < -0.4 is 0 Å². The Balaban J connectivity index is 2.33. The second kappa shape index (κ2) is 5.57. The van der Waals surface area contributed by atoms with Gasteiger partial charge in [-0.1, -0.05) is 17.7 Å². The molecule has 0 aliphatic carbocycles. The molecule has 0 aliphatic rings. The van der Waals surface area contributed by atoms with Crippen LogP contribution in [0.5, 0.6) is 0 Å². The summed E-state index contributed by atoms with van der Waals surface area (Å²) in [4.78, 5) is 18.2. The average molecular weight is 323 g/mol. The summed E-state index contributed by atoms with van der Waals surface area (Å²) < 4.78 is 0.685. The first-order valence-corrected chi connectivity index (χ1v) is 6.80. The molecule has 19 heavy (non-hydrogen) atoms. The van der Waals surface area contributed by atoms with E-state index >= 15 is 0 Å². The number of rotatable bonds is 4. The van der Waals surface area contributed by atoms with Gasteiger partial charge in [0.2, 0.25) is 0 Å². The molecule has 0 unspecified atom stereocenters. The Hall–Kier alpha value is -1.62. The van der Waals surface area contributed by atoms with Crippen molar-refractivity contribution in [3.05, 3.63) is 39.6 Å². The van der Waals surface area contributed by atoms with Gasteiger partial charge in [0.25, 0.3) is 0 Å². The highest BCUT2D eigenvalue weighted by Crippen LogP contribution is 2.26. The van der Waals surface area contributed by atoms with E-state index in [0.717, 1.165) is 22.6 Å². The third-order valence-electron chi connectivity index (χ3n) is 2.97. The molecule has 100 valence electrons. The number of aromatic amines is 1. The van der Waals surface area contributed by atoms with Crippen LogP contribution in [0.1, 0.15) is 23.2 Å². The normalized spacial score (nSPS) is 10.7. The lowest BCUT2D eigenvalue weighted by molar-refractivity contribution is -0.136. The van der Waals surface area contributed by atoms with Gasteiger partial charge in [-0.25, -0.2) is 4.98 Å². The van der Waals surface area contributed by atoms with E-state index in [-0.39, 0.29) is 6.42 Å². The molecule has 0 saturated heterocycles. The molecule has 2 N–H and O–H groups in total. The van der Waals surface area contributed by atoms with Crippen molar-refractivity contribution >= 4 is 21.9 Å². The van der Waals surface area contributed by atoms with Crippen molar-refractivity contribution in [1.29, 1.82) is 0 Å². The summed E-state index contributed by atoms with van der Waals surface area (Å²) in [7, 11) is 0. The van der Waals surface area contributed by atoms with Crippen LogP contribution in [-0.2, 0) is 11.2 Å². The molecule has 1 aromatic carbocycles. The minimum absolute atomic E-state index is 0.0903. The number of carboxylic acid groups (broad SMARTS) is 1. The zero-order chi connectivity index (χ0) is 14.0. The number of nitrogens with one attached hydrogen (secondary N) is 1. The van der Waals surface area contributed by atoms with Crippen molar-refractivity contribution in [3.8, 4) is 11.4 Å². The molecule has 4 nitrogen and oxygen atoms in total. The summed E-state index contributed by atoms with van der Waals surface area (Å²) in [5.74, 6) is -0.0387. The van der Waals surface area contributed by atoms with Crippen molar-refractivity contribution in [2.24, 2.45) is 0 Å². The monoisotopic (exact) mass is 322 g/mol. The molecule has 0 saturated carbocycles. The van der Waals surface area contributed by atoms with E-state index in [4.69, 9.17) is 5.11 Å². The third-order valence-corrected chi connectivity index (χ3v) is 3.62. The van der Waals surface area contributed by atoms with Gasteiger partial charge in [-0.05, 0) is 41.4 Å².